The highest BCUT2D eigenvalue weighted by Gasteiger charge is 2.36. The van der Waals surface area contributed by atoms with Crippen LogP contribution < -0.4 is 16.0 Å². The van der Waals surface area contributed by atoms with Crippen LogP contribution in [0.1, 0.15) is 36.0 Å². The molecule has 0 saturated carbocycles. The number of hydrogen-bond donors (Lipinski definition) is 3. The predicted octanol–water partition coefficient (Wildman–Crippen LogP) is 2.47. The first-order chi connectivity index (χ1) is 15.8. The average Bonchev–Trinajstić information content (AvgIpc) is 3.32. The molecule has 11 heteroatoms. The Hall–Kier alpha value is -3.79. The van der Waals surface area contributed by atoms with Gasteiger partial charge in [0, 0.05) is 0 Å². The first-order valence-electron chi connectivity index (χ1n) is 10.0. The summed E-state index contributed by atoms with van der Waals surface area (Å²) in [6.45, 7) is 2.73. The van der Waals surface area contributed by atoms with Crippen LogP contribution in [-0.2, 0) is 19.1 Å². The number of carbonyl (C=O) groups is 4. The fraction of sp³-hybridized carbons (Fsp3) is 0.273. The zero-order chi connectivity index (χ0) is 24.0. The van der Waals surface area contributed by atoms with Gasteiger partial charge in [0.15, 0.2) is 0 Å². The van der Waals surface area contributed by atoms with Crippen molar-refractivity contribution >= 4 is 35.5 Å². The molecule has 0 fully saturated rings. The maximum absolute atomic E-state index is 12.6. The second-order valence-corrected chi connectivity index (χ2v) is 7.35. The van der Waals surface area contributed by atoms with Gasteiger partial charge in [0.2, 0.25) is 0 Å². The smallest absolute Gasteiger partial charge is 0.338 e. The number of amides is 3. The second kappa shape index (κ2) is 10.7. The van der Waals surface area contributed by atoms with E-state index < -0.39 is 42.6 Å². The number of furan rings is 1. The summed E-state index contributed by atoms with van der Waals surface area (Å²) in [7, 11) is 0. The lowest BCUT2D eigenvalue weighted by atomic mass is 10.0. The van der Waals surface area contributed by atoms with Gasteiger partial charge in [-0.1, -0.05) is 23.7 Å². The average molecular weight is 476 g/mol. The van der Waals surface area contributed by atoms with Gasteiger partial charge in [-0.2, -0.15) is 0 Å². The van der Waals surface area contributed by atoms with E-state index in [1.165, 1.54) is 19.3 Å². The van der Waals surface area contributed by atoms with Crippen LogP contribution in [0, 0.1) is 0 Å². The Labute approximate surface area is 194 Å². The third-order valence-electron chi connectivity index (χ3n) is 4.66. The SMILES string of the molecule is CCOC(=O)C1=C(COC(=O)[C@H](C)NC(=O)c2ccccc2Cl)NC(=O)NC1c1ccco1. The van der Waals surface area contributed by atoms with E-state index in [1.807, 2.05) is 0 Å². The molecule has 1 aromatic heterocycles. The lowest BCUT2D eigenvalue weighted by Crippen LogP contribution is -2.47. The monoisotopic (exact) mass is 475 g/mol. The van der Waals surface area contributed by atoms with Crippen molar-refractivity contribution in [3.63, 3.8) is 0 Å². The highest BCUT2D eigenvalue weighted by molar-refractivity contribution is 6.33. The standard InChI is InChI=1S/C22H22ClN3O7/c1-3-31-21(29)17-15(25-22(30)26-18(17)16-9-6-10-32-16)11-33-20(28)12(2)24-19(27)13-7-4-5-8-14(13)23/h4-10,12,18H,3,11H2,1-2H3,(H,24,27)(H2,25,26,30)/t12-,18?/m0/s1. The summed E-state index contributed by atoms with van der Waals surface area (Å²) in [5, 5.41) is 7.79. The Kier molecular flexibility index (Phi) is 7.73. The van der Waals surface area contributed by atoms with Crippen molar-refractivity contribution in [1.82, 2.24) is 16.0 Å². The van der Waals surface area contributed by atoms with Gasteiger partial charge in [-0.15, -0.1) is 0 Å². The maximum Gasteiger partial charge on any atom is 0.338 e. The molecule has 3 rings (SSSR count). The number of hydrogen-bond acceptors (Lipinski definition) is 7. The van der Waals surface area contributed by atoms with E-state index in [0.29, 0.717) is 5.76 Å². The molecule has 10 nitrogen and oxygen atoms in total. The molecule has 2 heterocycles. The van der Waals surface area contributed by atoms with Crippen LogP contribution in [-0.4, -0.2) is 43.1 Å². The Morgan fingerprint density at radius 2 is 1.94 bits per heavy atom. The predicted molar refractivity (Wildman–Crippen MR) is 116 cm³/mol. The number of esters is 2. The van der Waals surface area contributed by atoms with Crippen LogP contribution in [0.4, 0.5) is 4.79 Å². The number of nitrogens with one attached hydrogen (secondary N) is 3. The van der Waals surface area contributed by atoms with Gasteiger partial charge in [0.25, 0.3) is 5.91 Å². The van der Waals surface area contributed by atoms with E-state index in [2.05, 4.69) is 16.0 Å². The molecule has 2 atom stereocenters. The van der Waals surface area contributed by atoms with Gasteiger partial charge in [0.1, 0.15) is 24.5 Å². The first kappa shape index (κ1) is 23.9. The quantitative estimate of drug-likeness (QED) is 0.499. The fourth-order valence-corrected chi connectivity index (χ4v) is 3.32. The summed E-state index contributed by atoms with van der Waals surface area (Å²) in [6, 6.07) is 7.01. The lowest BCUT2D eigenvalue weighted by molar-refractivity contribution is -0.145. The summed E-state index contributed by atoms with van der Waals surface area (Å²) in [6.07, 6.45) is 1.40. The van der Waals surface area contributed by atoms with Crippen molar-refractivity contribution in [2.75, 3.05) is 13.2 Å². The van der Waals surface area contributed by atoms with E-state index in [1.54, 1.807) is 37.3 Å². The molecular weight excluding hydrogens is 454 g/mol. The summed E-state index contributed by atoms with van der Waals surface area (Å²) in [5.41, 5.74) is 0.279. The van der Waals surface area contributed by atoms with Gasteiger partial charge in [-0.05, 0) is 38.1 Å². The van der Waals surface area contributed by atoms with Crippen molar-refractivity contribution in [2.24, 2.45) is 0 Å². The molecule has 0 spiro atoms. The number of halogens is 1. The van der Waals surface area contributed by atoms with Crippen LogP contribution in [0.5, 0.6) is 0 Å². The molecule has 1 aliphatic rings. The highest BCUT2D eigenvalue weighted by atomic mass is 35.5. The third kappa shape index (κ3) is 5.72. The van der Waals surface area contributed by atoms with E-state index in [0.717, 1.165) is 0 Å². The zero-order valence-electron chi connectivity index (χ0n) is 17.8. The van der Waals surface area contributed by atoms with E-state index in [9.17, 15) is 19.2 Å². The molecule has 3 N–H and O–H groups in total. The van der Waals surface area contributed by atoms with E-state index in [4.69, 9.17) is 25.5 Å². The number of rotatable bonds is 8. The molecule has 3 amide bonds. The number of urea groups is 1. The zero-order valence-corrected chi connectivity index (χ0v) is 18.6. The molecular formula is C22H22ClN3O7. The van der Waals surface area contributed by atoms with Gasteiger partial charge < -0.3 is 29.8 Å². The summed E-state index contributed by atoms with van der Waals surface area (Å²) < 4.78 is 15.7. The first-order valence-corrected chi connectivity index (χ1v) is 10.4. The fourth-order valence-electron chi connectivity index (χ4n) is 3.10. The molecule has 1 aromatic carbocycles. The maximum atomic E-state index is 12.6. The molecule has 2 aromatic rings. The minimum absolute atomic E-state index is 0.0342. The van der Waals surface area contributed by atoms with Crippen molar-refractivity contribution in [1.29, 1.82) is 0 Å². The van der Waals surface area contributed by atoms with Gasteiger partial charge in [-0.25, -0.2) is 14.4 Å². The Morgan fingerprint density at radius 1 is 1.18 bits per heavy atom. The number of ether oxygens (including phenoxy) is 2. The van der Waals surface area contributed by atoms with Gasteiger partial charge in [-0.3, -0.25) is 4.79 Å². The topological polar surface area (TPSA) is 136 Å². The molecule has 0 bridgehead atoms. The minimum atomic E-state index is -1.03. The Balaban J connectivity index is 1.74. The molecule has 1 unspecified atom stereocenters. The largest absolute Gasteiger partial charge is 0.467 e. The van der Waals surface area contributed by atoms with Crippen LogP contribution in [0.3, 0.4) is 0 Å². The summed E-state index contributed by atoms with van der Waals surface area (Å²) >= 11 is 6.01. The Morgan fingerprint density at radius 3 is 2.61 bits per heavy atom. The van der Waals surface area contributed by atoms with Crippen molar-refractivity contribution in [3.8, 4) is 0 Å². The lowest BCUT2D eigenvalue weighted by Gasteiger charge is -2.27. The third-order valence-corrected chi connectivity index (χ3v) is 4.98. The Bertz CT molecular complexity index is 1080. The minimum Gasteiger partial charge on any atom is -0.467 e. The normalized spacial score (nSPS) is 16.3. The highest BCUT2D eigenvalue weighted by Crippen LogP contribution is 2.28. The van der Waals surface area contributed by atoms with E-state index in [-0.39, 0.29) is 28.5 Å². The van der Waals surface area contributed by atoms with E-state index >= 15 is 0 Å². The summed E-state index contributed by atoms with van der Waals surface area (Å²) in [5.74, 6) is -1.74. The van der Waals surface area contributed by atoms with Crippen molar-refractivity contribution in [2.45, 2.75) is 25.9 Å². The molecule has 0 aliphatic carbocycles. The van der Waals surface area contributed by atoms with Crippen LogP contribution in [0.2, 0.25) is 5.02 Å². The van der Waals surface area contributed by atoms with Crippen LogP contribution >= 0.6 is 11.6 Å². The van der Waals surface area contributed by atoms with Crippen LogP contribution in [0.25, 0.3) is 0 Å². The number of carbonyl (C=O) groups excluding carboxylic acids is 4. The molecule has 0 saturated heterocycles. The molecule has 174 valence electrons. The van der Waals surface area contributed by atoms with Crippen LogP contribution in [0.15, 0.2) is 58.3 Å². The molecule has 1 aliphatic heterocycles. The number of benzene rings is 1. The van der Waals surface area contributed by atoms with Gasteiger partial charge >= 0.3 is 18.0 Å². The molecule has 0 radical (unpaired) electrons. The second-order valence-electron chi connectivity index (χ2n) is 6.94. The summed E-state index contributed by atoms with van der Waals surface area (Å²) in [4.78, 5) is 49.6. The van der Waals surface area contributed by atoms with Crippen molar-refractivity contribution in [3.05, 3.63) is 70.3 Å². The van der Waals surface area contributed by atoms with Crippen molar-refractivity contribution < 1.29 is 33.1 Å². The van der Waals surface area contributed by atoms with Gasteiger partial charge in [0.05, 0.1) is 34.7 Å². The molecule has 33 heavy (non-hydrogen) atoms.